The summed E-state index contributed by atoms with van der Waals surface area (Å²) in [4.78, 5) is 32.5. The zero-order valence-corrected chi connectivity index (χ0v) is 17.6. The third kappa shape index (κ3) is 4.12. The summed E-state index contributed by atoms with van der Waals surface area (Å²) in [5.41, 5.74) is 2.14. The van der Waals surface area contributed by atoms with E-state index in [9.17, 15) is 9.59 Å². The monoisotopic (exact) mass is 428 g/mol. The first-order chi connectivity index (χ1) is 13.9. The van der Waals surface area contributed by atoms with Crippen molar-refractivity contribution in [3.8, 4) is 0 Å². The molecule has 0 bridgehead atoms. The number of amides is 1. The molecule has 1 amide bonds. The van der Waals surface area contributed by atoms with Gasteiger partial charge in [-0.25, -0.2) is 0 Å². The topological polar surface area (TPSA) is 61.3 Å². The van der Waals surface area contributed by atoms with Crippen LogP contribution < -0.4 is 5.56 Å². The lowest BCUT2D eigenvalue weighted by molar-refractivity contribution is 0.0628. The number of hydrogen-bond donors (Lipinski definition) is 1. The van der Waals surface area contributed by atoms with Gasteiger partial charge in [0.25, 0.3) is 11.5 Å². The summed E-state index contributed by atoms with van der Waals surface area (Å²) in [6.45, 7) is 3.73. The van der Waals surface area contributed by atoms with Crippen molar-refractivity contribution in [3.05, 3.63) is 73.7 Å². The molecule has 1 fully saturated rings. The first kappa shape index (κ1) is 19.8. The third-order valence-electron chi connectivity index (χ3n) is 5.30. The molecule has 4 rings (SSSR count). The Labute approximate surface area is 178 Å². The highest BCUT2D eigenvalue weighted by Gasteiger charge is 2.22. The Kier molecular flexibility index (Phi) is 5.54. The number of hydrogen-bond acceptors (Lipinski definition) is 4. The van der Waals surface area contributed by atoms with Crippen molar-refractivity contribution in [1.82, 2.24) is 19.4 Å². The maximum atomic E-state index is 13.0. The van der Waals surface area contributed by atoms with Crippen LogP contribution in [-0.4, -0.2) is 51.4 Å². The van der Waals surface area contributed by atoms with Gasteiger partial charge in [-0.1, -0.05) is 23.7 Å². The molecule has 1 aliphatic rings. The van der Waals surface area contributed by atoms with E-state index >= 15 is 0 Å². The molecule has 1 aromatic heterocycles. The molecule has 1 aliphatic heterocycles. The maximum absolute atomic E-state index is 13.0. The molecule has 150 valence electrons. The lowest BCUT2D eigenvalue weighted by Gasteiger charge is -2.34. The largest absolute Gasteiger partial charge is 0.336 e. The highest BCUT2D eigenvalue weighted by molar-refractivity contribution is 7.71. The van der Waals surface area contributed by atoms with Gasteiger partial charge in [-0.05, 0) is 48.1 Å². The molecule has 0 saturated carbocycles. The predicted octanol–water partition coefficient (Wildman–Crippen LogP) is 3.21. The zero-order valence-electron chi connectivity index (χ0n) is 16.0. The number of aromatic nitrogens is 2. The second-order valence-electron chi connectivity index (χ2n) is 7.25. The van der Waals surface area contributed by atoms with Crippen molar-refractivity contribution < 1.29 is 4.79 Å². The number of nitrogens with one attached hydrogen (secondary N) is 1. The van der Waals surface area contributed by atoms with E-state index < -0.39 is 0 Å². The molecular weight excluding hydrogens is 408 g/mol. The molecule has 0 radical (unpaired) electrons. The van der Waals surface area contributed by atoms with Crippen LogP contribution in [0.5, 0.6) is 0 Å². The Morgan fingerprint density at radius 2 is 1.90 bits per heavy atom. The number of halogens is 1. The number of H-pyrrole nitrogens is 1. The summed E-state index contributed by atoms with van der Waals surface area (Å²) in [7, 11) is 1.63. The number of fused-ring (bicyclic) bond motifs is 1. The van der Waals surface area contributed by atoms with Crippen LogP contribution in [-0.2, 0) is 13.6 Å². The molecule has 0 unspecified atom stereocenters. The van der Waals surface area contributed by atoms with Crippen LogP contribution in [0.1, 0.15) is 15.9 Å². The maximum Gasteiger partial charge on any atom is 0.261 e. The number of rotatable bonds is 3. The van der Waals surface area contributed by atoms with Crippen LogP contribution in [0.2, 0.25) is 5.02 Å². The Morgan fingerprint density at radius 3 is 2.62 bits per heavy atom. The van der Waals surface area contributed by atoms with Crippen LogP contribution in [0.15, 0.2) is 47.3 Å². The summed E-state index contributed by atoms with van der Waals surface area (Å²) < 4.78 is 1.72. The smallest absolute Gasteiger partial charge is 0.261 e. The molecule has 2 heterocycles. The molecule has 29 heavy (non-hydrogen) atoms. The highest BCUT2D eigenvalue weighted by atomic mass is 35.5. The lowest BCUT2D eigenvalue weighted by Crippen LogP contribution is -2.48. The minimum Gasteiger partial charge on any atom is -0.336 e. The molecular formula is C21H21ClN4O2S. The van der Waals surface area contributed by atoms with E-state index in [1.165, 1.54) is 10.1 Å². The van der Waals surface area contributed by atoms with Gasteiger partial charge in [0.2, 0.25) is 0 Å². The fourth-order valence-electron chi connectivity index (χ4n) is 3.62. The normalized spacial score (nSPS) is 15.0. The Balaban J connectivity index is 1.46. The quantitative estimate of drug-likeness (QED) is 0.651. The van der Waals surface area contributed by atoms with E-state index in [1.54, 1.807) is 25.2 Å². The summed E-state index contributed by atoms with van der Waals surface area (Å²) in [6.07, 6.45) is 0. The van der Waals surface area contributed by atoms with Gasteiger partial charge in [0.15, 0.2) is 4.77 Å². The number of aromatic amines is 1. The summed E-state index contributed by atoms with van der Waals surface area (Å²) in [5, 5.41) is 1.26. The zero-order chi connectivity index (χ0) is 20.5. The van der Waals surface area contributed by atoms with Crippen LogP contribution in [0.3, 0.4) is 0 Å². The molecule has 1 N–H and O–H groups in total. The van der Waals surface area contributed by atoms with Crippen molar-refractivity contribution in [2.75, 3.05) is 26.2 Å². The second-order valence-corrected chi connectivity index (χ2v) is 8.08. The van der Waals surface area contributed by atoms with Crippen LogP contribution in [0, 0.1) is 4.77 Å². The summed E-state index contributed by atoms with van der Waals surface area (Å²) in [6, 6.07) is 13.0. The van der Waals surface area contributed by atoms with Gasteiger partial charge in [-0.2, -0.15) is 0 Å². The average molecular weight is 429 g/mol. The van der Waals surface area contributed by atoms with Crippen LogP contribution in [0.25, 0.3) is 10.9 Å². The van der Waals surface area contributed by atoms with Gasteiger partial charge in [-0.3, -0.25) is 19.1 Å². The molecule has 3 aromatic rings. The van der Waals surface area contributed by atoms with E-state index in [-0.39, 0.29) is 11.5 Å². The number of nitrogens with zero attached hydrogens (tertiary/aromatic N) is 3. The van der Waals surface area contributed by atoms with Crippen molar-refractivity contribution in [3.63, 3.8) is 0 Å². The molecule has 0 aliphatic carbocycles. The lowest BCUT2D eigenvalue weighted by atomic mass is 10.1. The molecule has 2 aromatic carbocycles. The molecule has 1 saturated heterocycles. The summed E-state index contributed by atoms with van der Waals surface area (Å²) >= 11 is 11.2. The van der Waals surface area contributed by atoms with E-state index in [0.29, 0.717) is 34.3 Å². The average Bonchev–Trinajstić information content (AvgIpc) is 2.72. The number of benzene rings is 2. The van der Waals surface area contributed by atoms with Crippen LogP contribution >= 0.6 is 23.8 Å². The molecule has 6 nitrogen and oxygen atoms in total. The summed E-state index contributed by atoms with van der Waals surface area (Å²) in [5.74, 6) is -0.0331. The van der Waals surface area contributed by atoms with Gasteiger partial charge >= 0.3 is 0 Å². The van der Waals surface area contributed by atoms with Crippen molar-refractivity contribution in [1.29, 1.82) is 0 Å². The van der Waals surface area contributed by atoms with Gasteiger partial charge in [-0.15, -0.1) is 0 Å². The van der Waals surface area contributed by atoms with Gasteiger partial charge in [0, 0.05) is 50.4 Å². The standard InChI is InChI=1S/C21H21ClN4O2S/c1-24-20(28)17-6-5-15(12-18(17)23-21(24)29)19(27)26-9-7-25(8-10-26)13-14-3-2-4-16(22)11-14/h2-6,11-12H,7-10,13H2,1H3,(H,23,29). The van der Waals surface area contributed by atoms with Crippen molar-refractivity contribution in [2.24, 2.45) is 7.05 Å². The minimum absolute atomic E-state index is 0.0331. The van der Waals surface area contributed by atoms with E-state index in [0.717, 1.165) is 24.7 Å². The fraction of sp³-hybridized carbons (Fsp3) is 0.286. The van der Waals surface area contributed by atoms with Gasteiger partial charge < -0.3 is 9.88 Å². The number of piperazine rings is 1. The van der Waals surface area contributed by atoms with E-state index in [1.807, 2.05) is 23.1 Å². The Hall–Kier alpha value is -2.48. The van der Waals surface area contributed by atoms with Crippen LogP contribution in [0.4, 0.5) is 0 Å². The number of carbonyl (C=O) groups excluding carboxylic acids is 1. The molecule has 0 spiro atoms. The Morgan fingerprint density at radius 1 is 1.14 bits per heavy atom. The first-order valence-corrected chi connectivity index (χ1v) is 10.2. The highest BCUT2D eigenvalue weighted by Crippen LogP contribution is 2.16. The van der Waals surface area contributed by atoms with Gasteiger partial charge in [0.1, 0.15) is 0 Å². The first-order valence-electron chi connectivity index (χ1n) is 9.41. The minimum atomic E-state index is -0.169. The van der Waals surface area contributed by atoms with E-state index in [4.69, 9.17) is 23.8 Å². The molecule has 8 heteroatoms. The fourth-order valence-corrected chi connectivity index (χ4v) is 4.03. The van der Waals surface area contributed by atoms with Crippen molar-refractivity contribution >= 4 is 40.6 Å². The second kappa shape index (κ2) is 8.10. The SMILES string of the molecule is Cn1c(=S)[nH]c2cc(C(=O)N3CCN(Cc4cccc(Cl)c4)CC3)ccc2c1=O. The predicted molar refractivity (Wildman–Crippen MR) is 117 cm³/mol. The van der Waals surface area contributed by atoms with E-state index in [2.05, 4.69) is 16.0 Å². The Bertz CT molecular complexity index is 1200. The van der Waals surface area contributed by atoms with Gasteiger partial charge in [0.05, 0.1) is 10.9 Å². The number of carbonyl (C=O) groups is 1. The third-order valence-corrected chi connectivity index (χ3v) is 5.91. The van der Waals surface area contributed by atoms with Crippen molar-refractivity contribution in [2.45, 2.75) is 6.54 Å². The molecule has 0 atom stereocenters.